The Morgan fingerprint density at radius 2 is 2.07 bits per heavy atom. The molecule has 1 aliphatic heterocycles. The predicted molar refractivity (Wildman–Crippen MR) is 59.4 cm³/mol. The molecule has 0 aromatic rings. The minimum Gasteiger partial charge on any atom is -0.394 e. The van der Waals surface area contributed by atoms with Crippen LogP contribution in [-0.2, 0) is 0 Å². The molecule has 0 aliphatic carbocycles. The van der Waals surface area contributed by atoms with Gasteiger partial charge < -0.3 is 15.7 Å². The van der Waals surface area contributed by atoms with Crippen LogP contribution in [0.5, 0.6) is 0 Å². The largest absolute Gasteiger partial charge is 0.394 e. The predicted octanol–water partition coefficient (Wildman–Crippen LogP) is 0.737. The number of hydrogen-bond acceptors (Lipinski definition) is 3. The fourth-order valence-electron chi connectivity index (χ4n) is 1.77. The van der Waals surface area contributed by atoms with Crippen LogP contribution in [0, 0.1) is 5.92 Å². The summed E-state index contributed by atoms with van der Waals surface area (Å²) in [4.78, 5) is 0. The van der Waals surface area contributed by atoms with Crippen LogP contribution < -0.4 is 10.6 Å². The van der Waals surface area contributed by atoms with Gasteiger partial charge in [0.05, 0.1) is 6.61 Å². The van der Waals surface area contributed by atoms with E-state index in [0.29, 0.717) is 0 Å². The fraction of sp³-hybridized carbons (Fsp3) is 1.00. The van der Waals surface area contributed by atoms with Crippen molar-refractivity contribution in [2.75, 3.05) is 26.2 Å². The lowest BCUT2D eigenvalue weighted by Crippen LogP contribution is -2.48. The highest BCUT2D eigenvalue weighted by molar-refractivity contribution is 4.82. The Kier molecular flexibility index (Phi) is 4.85. The summed E-state index contributed by atoms with van der Waals surface area (Å²) >= 11 is 0. The first-order chi connectivity index (χ1) is 6.70. The molecule has 1 fully saturated rings. The maximum absolute atomic E-state index is 9.24. The van der Waals surface area contributed by atoms with E-state index < -0.39 is 0 Å². The molecule has 1 unspecified atom stereocenters. The number of piperidine rings is 1. The van der Waals surface area contributed by atoms with Crippen LogP contribution in [-0.4, -0.2) is 36.9 Å². The van der Waals surface area contributed by atoms with Crippen molar-refractivity contribution in [2.24, 2.45) is 5.92 Å². The van der Waals surface area contributed by atoms with E-state index in [-0.39, 0.29) is 12.1 Å². The minimum atomic E-state index is -0.0785. The molecule has 1 atom stereocenters. The Hall–Kier alpha value is -0.120. The third-order valence-corrected chi connectivity index (χ3v) is 3.41. The van der Waals surface area contributed by atoms with E-state index in [0.717, 1.165) is 32.0 Å². The first-order valence-electron chi connectivity index (χ1n) is 5.77. The zero-order chi connectivity index (χ0) is 10.4. The minimum absolute atomic E-state index is 0.0785. The summed E-state index contributed by atoms with van der Waals surface area (Å²) < 4.78 is 0. The van der Waals surface area contributed by atoms with Gasteiger partial charge in [-0.2, -0.15) is 0 Å². The summed E-state index contributed by atoms with van der Waals surface area (Å²) in [5.74, 6) is 0.786. The highest BCUT2D eigenvalue weighted by atomic mass is 16.3. The van der Waals surface area contributed by atoms with Crippen molar-refractivity contribution in [2.45, 2.75) is 38.6 Å². The Morgan fingerprint density at radius 3 is 2.57 bits per heavy atom. The molecule has 14 heavy (non-hydrogen) atoms. The second-order valence-corrected chi connectivity index (χ2v) is 4.65. The molecule has 0 amide bonds. The lowest BCUT2D eigenvalue weighted by Gasteiger charge is -2.31. The van der Waals surface area contributed by atoms with E-state index in [1.807, 2.05) is 0 Å². The van der Waals surface area contributed by atoms with Gasteiger partial charge in [0.1, 0.15) is 0 Å². The Bertz CT molecular complexity index is 151. The molecule has 3 heteroatoms. The average Bonchev–Trinajstić information content (AvgIpc) is 2.27. The van der Waals surface area contributed by atoms with Crippen LogP contribution in [0.1, 0.15) is 33.1 Å². The van der Waals surface area contributed by atoms with Gasteiger partial charge in [-0.25, -0.2) is 0 Å². The van der Waals surface area contributed by atoms with Crippen molar-refractivity contribution in [3.05, 3.63) is 0 Å². The van der Waals surface area contributed by atoms with E-state index >= 15 is 0 Å². The van der Waals surface area contributed by atoms with Crippen molar-refractivity contribution in [1.29, 1.82) is 0 Å². The van der Waals surface area contributed by atoms with Crippen molar-refractivity contribution >= 4 is 0 Å². The second kappa shape index (κ2) is 5.69. The van der Waals surface area contributed by atoms with Crippen molar-refractivity contribution in [3.8, 4) is 0 Å². The molecule has 0 radical (unpaired) electrons. The molecule has 1 aliphatic rings. The first kappa shape index (κ1) is 12.0. The lowest BCUT2D eigenvalue weighted by molar-refractivity contribution is 0.161. The standard InChI is InChI=1S/C11H24N2O/c1-3-11(2,9-14)13-8-10-4-6-12-7-5-10/h10,12-14H,3-9H2,1-2H3. The monoisotopic (exact) mass is 200 g/mol. The van der Waals surface area contributed by atoms with E-state index in [1.165, 1.54) is 12.8 Å². The quantitative estimate of drug-likeness (QED) is 0.613. The van der Waals surface area contributed by atoms with Crippen LogP contribution in [0.15, 0.2) is 0 Å². The third-order valence-electron chi connectivity index (χ3n) is 3.41. The van der Waals surface area contributed by atoms with Gasteiger partial charge in [-0.3, -0.25) is 0 Å². The molecule has 84 valence electrons. The molecule has 0 saturated carbocycles. The Labute approximate surface area is 87.3 Å². The summed E-state index contributed by atoms with van der Waals surface area (Å²) in [5, 5.41) is 16.1. The molecule has 3 N–H and O–H groups in total. The first-order valence-corrected chi connectivity index (χ1v) is 5.77. The van der Waals surface area contributed by atoms with Crippen molar-refractivity contribution < 1.29 is 5.11 Å². The molecular formula is C11H24N2O. The van der Waals surface area contributed by atoms with Crippen LogP contribution in [0.3, 0.4) is 0 Å². The molecule has 3 nitrogen and oxygen atoms in total. The second-order valence-electron chi connectivity index (χ2n) is 4.65. The summed E-state index contributed by atoms with van der Waals surface area (Å²) in [6.45, 7) is 7.78. The summed E-state index contributed by atoms with van der Waals surface area (Å²) in [6.07, 6.45) is 3.50. The van der Waals surface area contributed by atoms with Crippen molar-refractivity contribution in [3.63, 3.8) is 0 Å². The third kappa shape index (κ3) is 3.56. The van der Waals surface area contributed by atoms with E-state index in [2.05, 4.69) is 24.5 Å². The highest BCUT2D eigenvalue weighted by Crippen LogP contribution is 2.13. The van der Waals surface area contributed by atoms with E-state index in [1.54, 1.807) is 0 Å². The van der Waals surface area contributed by atoms with Gasteiger partial charge in [-0.15, -0.1) is 0 Å². The molecule has 1 rings (SSSR count). The molecule has 0 aromatic carbocycles. The lowest BCUT2D eigenvalue weighted by atomic mass is 9.94. The number of nitrogens with one attached hydrogen (secondary N) is 2. The SMILES string of the molecule is CCC(C)(CO)NCC1CCNCC1. The smallest absolute Gasteiger partial charge is 0.0610 e. The summed E-state index contributed by atoms with van der Waals surface area (Å²) in [5.41, 5.74) is -0.0785. The van der Waals surface area contributed by atoms with Crippen LogP contribution in [0.25, 0.3) is 0 Å². The molecule has 0 bridgehead atoms. The number of rotatable bonds is 5. The molecular weight excluding hydrogens is 176 g/mol. The average molecular weight is 200 g/mol. The number of aliphatic hydroxyl groups excluding tert-OH is 1. The number of aliphatic hydroxyl groups is 1. The van der Waals surface area contributed by atoms with Crippen LogP contribution >= 0.6 is 0 Å². The summed E-state index contributed by atoms with van der Waals surface area (Å²) in [6, 6.07) is 0. The molecule has 0 aromatic heterocycles. The normalized spacial score (nSPS) is 23.4. The van der Waals surface area contributed by atoms with Crippen molar-refractivity contribution in [1.82, 2.24) is 10.6 Å². The Morgan fingerprint density at radius 1 is 1.43 bits per heavy atom. The van der Waals surface area contributed by atoms with Gasteiger partial charge in [0, 0.05) is 5.54 Å². The van der Waals surface area contributed by atoms with Gasteiger partial charge in [0.15, 0.2) is 0 Å². The maximum Gasteiger partial charge on any atom is 0.0610 e. The van der Waals surface area contributed by atoms with E-state index in [4.69, 9.17) is 0 Å². The van der Waals surface area contributed by atoms with Crippen LogP contribution in [0.2, 0.25) is 0 Å². The Balaban J connectivity index is 2.23. The topological polar surface area (TPSA) is 44.3 Å². The maximum atomic E-state index is 9.24. The van der Waals surface area contributed by atoms with Gasteiger partial charge in [-0.1, -0.05) is 6.92 Å². The highest BCUT2D eigenvalue weighted by Gasteiger charge is 2.22. The summed E-state index contributed by atoms with van der Waals surface area (Å²) in [7, 11) is 0. The number of hydrogen-bond donors (Lipinski definition) is 3. The molecule has 1 saturated heterocycles. The van der Waals surface area contributed by atoms with E-state index in [9.17, 15) is 5.11 Å². The van der Waals surface area contributed by atoms with Gasteiger partial charge in [0.2, 0.25) is 0 Å². The van der Waals surface area contributed by atoms with Gasteiger partial charge >= 0.3 is 0 Å². The van der Waals surface area contributed by atoms with Gasteiger partial charge in [0.25, 0.3) is 0 Å². The zero-order valence-electron chi connectivity index (χ0n) is 9.47. The van der Waals surface area contributed by atoms with Gasteiger partial charge in [-0.05, 0) is 51.7 Å². The molecule has 0 spiro atoms. The fourth-order valence-corrected chi connectivity index (χ4v) is 1.77. The zero-order valence-corrected chi connectivity index (χ0v) is 9.47. The molecule has 1 heterocycles. The van der Waals surface area contributed by atoms with Crippen LogP contribution in [0.4, 0.5) is 0 Å².